The van der Waals surface area contributed by atoms with Crippen molar-refractivity contribution in [1.82, 2.24) is 14.8 Å². The Kier molecular flexibility index (Phi) is 4.11. The molecule has 0 unspecified atom stereocenters. The predicted octanol–water partition coefficient (Wildman–Crippen LogP) is 2.48. The number of ketones is 1. The van der Waals surface area contributed by atoms with E-state index in [-0.39, 0.29) is 12.2 Å². The minimum atomic E-state index is 0.0413. The van der Waals surface area contributed by atoms with E-state index >= 15 is 0 Å². The van der Waals surface area contributed by atoms with Crippen LogP contribution < -0.4 is 4.74 Å². The number of carbonyl (C=O) groups excluding carboxylic acids is 1. The average Bonchev–Trinajstić information content (AvgIpc) is 2.67. The number of rotatable bonds is 4. The van der Waals surface area contributed by atoms with Gasteiger partial charge in [-0.25, -0.2) is 0 Å². The Labute approximate surface area is 125 Å². The first-order valence-corrected chi connectivity index (χ1v) is 6.89. The fourth-order valence-corrected chi connectivity index (χ4v) is 2.67. The predicted molar refractivity (Wildman–Crippen MR) is 81.0 cm³/mol. The third-order valence-electron chi connectivity index (χ3n) is 3.87. The maximum atomic E-state index is 12.6. The van der Waals surface area contributed by atoms with Gasteiger partial charge >= 0.3 is 0 Å². The van der Waals surface area contributed by atoms with E-state index in [4.69, 9.17) is 4.74 Å². The van der Waals surface area contributed by atoms with Crippen LogP contribution in [-0.2, 0) is 13.5 Å². The summed E-state index contributed by atoms with van der Waals surface area (Å²) in [6.45, 7) is 7.64. The first-order chi connectivity index (χ1) is 9.86. The molecular weight excluding hydrogens is 266 g/mol. The molecule has 0 saturated carbocycles. The van der Waals surface area contributed by atoms with Gasteiger partial charge < -0.3 is 4.74 Å². The fourth-order valence-electron chi connectivity index (χ4n) is 2.67. The van der Waals surface area contributed by atoms with Gasteiger partial charge in [0.05, 0.1) is 30.5 Å². The second-order valence-electron chi connectivity index (χ2n) is 5.32. The topological polar surface area (TPSA) is 57.0 Å². The second kappa shape index (κ2) is 5.68. The Morgan fingerprint density at radius 1 is 1.29 bits per heavy atom. The molecule has 0 aliphatic rings. The van der Waals surface area contributed by atoms with Crippen molar-refractivity contribution in [3.63, 3.8) is 0 Å². The van der Waals surface area contributed by atoms with Gasteiger partial charge in [-0.05, 0) is 27.7 Å². The molecule has 0 N–H and O–H groups in total. The van der Waals surface area contributed by atoms with Crippen LogP contribution in [0.2, 0.25) is 0 Å². The monoisotopic (exact) mass is 287 g/mol. The van der Waals surface area contributed by atoms with Gasteiger partial charge in [0.15, 0.2) is 5.78 Å². The van der Waals surface area contributed by atoms with Crippen LogP contribution >= 0.6 is 0 Å². The summed E-state index contributed by atoms with van der Waals surface area (Å²) in [5.74, 6) is 0.840. The number of hydrogen-bond acceptors (Lipinski definition) is 4. The molecule has 0 aromatic carbocycles. The molecule has 2 heterocycles. The van der Waals surface area contributed by atoms with E-state index in [1.165, 1.54) is 0 Å². The van der Waals surface area contributed by atoms with Crippen molar-refractivity contribution in [3.8, 4) is 5.75 Å². The van der Waals surface area contributed by atoms with E-state index in [1.54, 1.807) is 18.0 Å². The Morgan fingerprint density at radius 2 is 1.95 bits per heavy atom. The number of ether oxygens (including phenoxy) is 1. The molecular formula is C16H21N3O2. The summed E-state index contributed by atoms with van der Waals surface area (Å²) >= 11 is 0. The molecule has 2 aromatic rings. The van der Waals surface area contributed by atoms with Crippen molar-refractivity contribution < 1.29 is 9.53 Å². The van der Waals surface area contributed by atoms with Crippen LogP contribution in [-0.4, -0.2) is 27.7 Å². The number of aryl methyl sites for hydroxylation is 3. The van der Waals surface area contributed by atoms with E-state index in [2.05, 4.69) is 10.1 Å². The maximum absolute atomic E-state index is 12.6. The van der Waals surface area contributed by atoms with Gasteiger partial charge in [-0.3, -0.25) is 14.5 Å². The van der Waals surface area contributed by atoms with Gasteiger partial charge in [-0.1, -0.05) is 0 Å². The van der Waals surface area contributed by atoms with Crippen molar-refractivity contribution in [2.24, 2.45) is 7.05 Å². The molecule has 5 nitrogen and oxygen atoms in total. The van der Waals surface area contributed by atoms with E-state index in [9.17, 15) is 4.79 Å². The zero-order valence-electron chi connectivity index (χ0n) is 13.4. The summed E-state index contributed by atoms with van der Waals surface area (Å²) in [5, 5.41) is 4.29. The van der Waals surface area contributed by atoms with Gasteiger partial charge in [-0.2, -0.15) is 5.10 Å². The summed E-state index contributed by atoms with van der Waals surface area (Å²) in [5.41, 5.74) is 4.99. The molecule has 2 rings (SSSR count). The lowest BCUT2D eigenvalue weighted by Crippen LogP contribution is -2.10. The highest BCUT2D eigenvalue weighted by molar-refractivity contribution is 5.99. The quantitative estimate of drug-likeness (QED) is 0.811. The van der Waals surface area contributed by atoms with Crippen molar-refractivity contribution in [3.05, 3.63) is 40.0 Å². The first kappa shape index (κ1) is 15.2. The third-order valence-corrected chi connectivity index (χ3v) is 3.87. The molecule has 0 fully saturated rings. The van der Waals surface area contributed by atoms with Crippen molar-refractivity contribution in [2.45, 2.75) is 34.1 Å². The first-order valence-electron chi connectivity index (χ1n) is 6.89. The van der Waals surface area contributed by atoms with Crippen molar-refractivity contribution in [2.75, 3.05) is 7.11 Å². The minimum absolute atomic E-state index is 0.0413. The molecule has 0 saturated heterocycles. The summed E-state index contributed by atoms with van der Waals surface area (Å²) in [6.07, 6.45) is 2.01. The number of aromatic nitrogens is 3. The average molecular weight is 287 g/mol. The largest absolute Gasteiger partial charge is 0.496 e. The number of nitrogens with zero attached hydrogens (tertiary/aromatic N) is 3. The normalized spacial score (nSPS) is 10.8. The highest BCUT2D eigenvalue weighted by atomic mass is 16.5. The SMILES string of the molecule is COc1c(C)cnc(CC(=O)c2c(C)nn(C)c2C)c1C. The van der Waals surface area contributed by atoms with Crippen LogP contribution in [0.1, 0.15) is 38.6 Å². The summed E-state index contributed by atoms with van der Waals surface area (Å²) in [7, 11) is 3.48. The van der Waals surface area contributed by atoms with Crippen LogP contribution in [0.15, 0.2) is 6.20 Å². The van der Waals surface area contributed by atoms with Crippen LogP contribution in [0.4, 0.5) is 0 Å². The molecule has 112 valence electrons. The van der Waals surface area contributed by atoms with Crippen molar-refractivity contribution >= 4 is 5.78 Å². The van der Waals surface area contributed by atoms with Gasteiger partial charge in [-0.15, -0.1) is 0 Å². The van der Waals surface area contributed by atoms with E-state index in [1.807, 2.05) is 34.7 Å². The highest BCUT2D eigenvalue weighted by Gasteiger charge is 2.20. The second-order valence-corrected chi connectivity index (χ2v) is 5.32. The van der Waals surface area contributed by atoms with E-state index in [0.717, 1.165) is 34.0 Å². The zero-order chi connectivity index (χ0) is 15.7. The van der Waals surface area contributed by atoms with E-state index < -0.39 is 0 Å². The Morgan fingerprint density at radius 3 is 2.48 bits per heavy atom. The number of Topliss-reactive ketones (excluding diaryl/α,β-unsaturated/α-hetero) is 1. The Bertz CT molecular complexity index is 702. The Hall–Kier alpha value is -2.17. The molecule has 21 heavy (non-hydrogen) atoms. The Balaban J connectivity index is 2.36. The molecule has 0 spiro atoms. The fraction of sp³-hybridized carbons (Fsp3) is 0.438. The molecule has 5 heteroatoms. The molecule has 2 aromatic heterocycles. The zero-order valence-corrected chi connectivity index (χ0v) is 13.4. The van der Waals surface area contributed by atoms with Crippen molar-refractivity contribution in [1.29, 1.82) is 0 Å². The summed E-state index contributed by atoms with van der Waals surface area (Å²) in [4.78, 5) is 17.0. The summed E-state index contributed by atoms with van der Waals surface area (Å²) < 4.78 is 7.12. The number of hydrogen-bond donors (Lipinski definition) is 0. The van der Waals surface area contributed by atoms with Crippen LogP contribution in [0.3, 0.4) is 0 Å². The molecule has 0 aliphatic heterocycles. The van der Waals surface area contributed by atoms with Gasteiger partial charge in [0, 0.05) is 30.1 Å². The molecule has 0 aliphatic carbocycles. The number of pyridine rings is 1. The molecule has 0 bridgehead atoms. The smallest absolute Gasteiger partial charge is 0.172 e. The lowest BCUT2D eigenvalue weighted by Gasteiger charge is -2.12. The molecule has 0 amide bonds. The standard InChI is InChI=1S/C16H21N3O2/c1-9-8-17-13(10(2)16(9)21-6)7-14(20)15-11(3)18-19(5)12(15)4/h8H,7H2,1-6H3. The summed E-state index contributed by atoms with van der Waals surface area (Å²) in [6, 6.07) is 0. The van der Waals surface area contributed by atoms with Crippen LogP contribution in [0, 0.1) is 27.7 Å². The number of methoxy groups -OCH3 is 1. The molecule has 0 radical (unpaired) electrons. The van der Waals surface area contributed by atoms with Gasteiger partial charge in [0.25, 0.3) is 0 Å². The maximum Gasteiger partial charge on any atom is 0.172 e. The third kappa shape index (κ3) is 2.68. The minimum Gasteiger partial charge on any atom is -0.496 e. The van der Waals surface area contributed by atoms with Gasteiger partial charge in [0.1, 0.15) is 5.75 Å². The van der Waals surface area contributed by atoms with Crippen LogP contribution in [0.5, 0.6) is 5.75 Å². The lowest BCUT2D eigenvalue weighted by atomic mass is 10.0. The van der Waals surface area contributed by atoms with E-state index in [0.29, 0.717) is 5.56 Å². The van der Waals surface area contributed by atoms with Crippen LogP contribution in [0.25, 0.3) is 0 Å². The highest BCUT2D eigenvalue weighted by Crippen LogP contribution is 2.25. The van der Waals surface area contributed by atoms with Gasteiger partial charge in [0.2, 0.25) is 0 Å². The lowest BCUT2D eigenvalue weighted by molar-refractivity contribution is 0.0990. The molecule has 0 atom stereocenters. The number of carbonyl (C=O) groups is 1.